The smallest absolute Gasteiger partial charge is 0.225 e. The van der Waals surface area contributed by atoms with E-state index in [0.717, 1.165) is 90.4 Å². The van der Waals surface area contributed by atoms with Gasteiger partial charge in [-0.15, -0.1) is 0 Å². The summed E-state index contributed by atoms with van der Waals surface area (Å²) in [6, 6.07) is 0. The standard InChI is InChI=1S/C30H58N2O6/c1-5-9-15-31(16-10-6-2)29(33)25-27-28(26-30(34)32(17-11-7-3)18-12-8-4)38-22-14-20-36-24-23-35-19-13-21-37-27/h27-28H,5-26H2,1-4H3/t27-,28?/m0/s1. The summed E-state index contributed by atoms with van der Waals surface area (Å²) in [6.07, 6.45) is 9.09. The first-order valence-corrected chi connectivity index (χ1v) is 15.5. The van der Waals surface area contributed by atoms with Gasteiger partial charge in [-0.25, -0.2) is 0 Å². The normalized spacial score (nSPS) is 20.0. The summed E-state index contributed by atoms with van der Waals surface area (Å²) in [5.41, 5.74) is 0. The zero-order valence-electron chi connectivity index (χ0n) is 25.1. The Bertz CT molecular complexity index is 525. The molecule has 0 aromatic carbocycles. The van der Waals surface area contributed by atoms with Crippen molar-refractivity contribution >= 4 is 11.8 Å². The van der Waals surface area contributed by atoms with Gasteiger partial charge in [-0.3, -0.25) is 9.59 Å². The topological polar surface area (TPSA) is 77.5 Å². The van der Waals surface area contributed by atoms with E-state index in [1.807, 2.05) is 9.80 Å². The SMILES string of the molecule is CCCCN(CCCC)C(=O)CC1OCCCOCCOCCCO[C@H]1CC(=O)N(CCCC)CCCC. The third-order valence-corrected chi connectivity index (χ3v) is 6.90. The minimum Gasteiger partial charge on any atom is -0.379 e. The van der Waals surface area contributed by atoms with Crippen LogP contribution in [0.25, 0.3) is 0 Å². The van der Waals surface area contributed by atoms with Crippen molar-refractivity contribution in [2.24, 2.45) is 0 Å². The van der Waals surface area contributed by atoms with E-state index in [2.05, 4.69) is 27.7 Å². The van der Waals surface area contributed by atoms with Gasteiger partial charge in [0.05, 0.1) is 38.3 Å². The first-order valence-electron chi connectivity index (χ1n) is 15.5. The fraction of sp³-hybridized carbons (Fsp3) is 0.933. The second-order valence-corrected chi connectivity index (χ2v) is 10.3. The summed E-state index contributed by atoms with van der Waals surface area (Å²) >= 11 is 0. The molecule has 1 rings (SSSR count). The molecule has 0 aromatic rings. The molecule has 1 aliphatic rings. The van der Waals surface area contributed by atoms with Crippen molar-refractivity contribution in [2.45, 2.75) is 117 Å². The highest BCUT2D eigenvalue weighted by atomic mass is 16.5. The lowest BCUT2D eigenvalue weighted by Gasteiger charge is -2.32. The quantitative estimate of drug-likeness (QED) is 0.266. The highest BCUT2D eigenvalue weighted by molar-refractivity contribution is 5.78. The van der Waals surface area contributed by atoms with Crippen LogP contribution in [-0.4, -0.2) is 99.6 Å². The molecule has 1 fully saturated rings. The van der Waals surface area contributed by atoms with Crippen LogP contribution in [0.4, 0.5) is 0 Å². The average Bonchev–Trinajstić information content (AvgIpc) is 2.92. The summed E-state index contributed by atoms with van der Waals surface area (Å²) < 4.78 is 23.9. The number of unbranched alkanes of at least 4 members (excludes halogenated alkanes) is 4. The number of carbonyl (C=O) groups is 2. The van der Waals surface area contributed by atoms with Crippen LogP contribution in [0.1, 0.15) is 105 Å². The predicted molar refractivity (Wildman–Crippen MR) is 152 cm³/mol. The molecule has 0 N–H and O–H groups in total. The average molecular weight is 543 g/mol. The second-order valence-electron chi connectivity index (χ2n) is 10.3. The summed E-state index contributed by atoms with van der Waals surface area (Å²) in [4.78, 5) is 31.0. The van der Waals surface area contributed by atoms with Crippen molar-refractivity contribution in [3.05, 3.63) is 0 Å². The number of hydrogen-bond acceptors (Lipinski definition) is 6. The van der Waals surface area contributed by atoms with Crippen molar-refractivity contribution in [3.63, 3.8) is 0 Å². The number of nitrogens with zero attached hydrogens (tertiary/aromatic N) is 2. The van der Waals surface area contributed by atoms with Gasteiger partial charge < -0.3 is 28.7 Å². The Labute approximate surface area is 233 Å². The number of hydrogen-bond donors (Lipinski definition) is 0. The monoisotopic (exact) mass is 542 g/mol. The van der Waals surface area contributed by atoms with Crippen LogP contribution in [0.3, 0.4) is 0 Å². The van der Waals surface area contributed by atoms with Crippen LogP contribution >= 0.6 is 0 Å². The van der Waals surface area contributed by atoms with Gasteiger partial charge in [-0.05, 0) is 38.5 Å². The third-order valence-electron chi connectivity index (χ3n) is 6.90. The van der Waals surface area contributed by atoms with Crippen molar-refractivity contribution in [2.75, 3.05) is 65.8 Å². The minimum atomic E-state index is -0.472. The molecule has 2 amide bonds. The van der Waals surface area contributed by atoms with E-state index in [0.29, 0.717) is 39.6 Å². The van der Waals surface area contributed by atoms with Crippen molar-refractivity contribution in [1.29, 1.82) is 0 Å². The van der Waals surface area contributed by atoms with E-state index >= 15 is 0 Å². The zero-order valence-corrected chi connectivity index (χ0v) is 25.1. The fourth-order valence-electron chi connectivity index (χ4n) is 4.43. The Morgan fingerprint density at radius 2 is 0.895 bits per heavy atom. The molecule has 0 saturated carbocycles. The van der Waals surface area contributed by atoms with Gasteiger partial charge in [-0.2, -0.15) is 0 Å². The molecule has 0 aromatic heterocycles. The maximum absolute atomic E-state index is 13.5. The third kappa shape index (κ3) is 16.0. The molecule has 0 aliphatic carbocycles. The summed E-state index contributed by atoms with van der Waals surface area (Å²) in [5, 5.41) is 0. The Kier molecular flexibility index (Phi) is 21.7. The molecule has 0 spiro atoms. The number of rotatable bonds is 16. The molecule has 0 bridgehead atoms. The van der Waals surface area contributed by atoms with Gasteiger partial charge in [0.25, 0.3) is 0 Å². The lowest BCUT2D eigenvalue weighted by atomic mass is 10.0. The Balaban J connectivity index is 3.07. The molecule has 2 atom stereocenters. The molecule has 1 saturated heterocycles. The molecule has 8 heteroatoms. The van der Waals surface area contributed by atoms with Crippen molar-refractivity contribution in [1.82, 2.24) is 9.80 Å². The van der Waals surface area contributed by atoms with E-state index in [-0.39, 0.29) is 24.7 Å². The van der Waals surface area contributed by atoms with Crippen molar-refractivity contribution in [3.8, 4) is 0 Å². The van der Waals surface area contributed by atoms with Gasteiger partial charge in [0.1, 0.15) is 0 Å². The van der Waals surface area contributed by atoms with Gasteiger partial charge in [0.2, 0.25) is 11.8 Å². The summed E-state index contributed by atoms with van der Waals surface area (Å²) in [5.74, 6) is 0.181. The molecule has 1 heterocycles. The van der Waals surface area contributed by atoms with Crippen LogP contribution in [-0.2, 0) is 28.5 Å². The van der Waals surface area contributed by atoms with E-state index in [1.165, 1.54) is 0 Å². The summed E-state index contributed by atoms with van der Waals surface area (Å²) in [7, 11) is 0. The predicted octanol–water partition coefficient (Wildman–Crippen LogP) is 5.22. The minimum absolute atomic E-state index is 0.0903. The number of amides is 2. The first kappa shape index (κ1) is 34.8. The second kappa shape index (κ2) is 23.6. The van der Waals surface area contributed by atoms with Crippen LogP contribution in [0.15, 0.2) is 0 Å². The maximum Gasteiger partial charge on any atom is 0.225 e. The molecular weight excluding hydrogens is 484 g/mol. The number of ether oxygens (including phenoxy) is 4. The van der Waals surface area contributed by atoms with Crippen LogP contribution in [0.5, 0.6) is 0 Å². The van der Waals surface area contributed by atoms with E-state index < -0.39 is 12.2 Å². The highest BCUT2D eigenvalue weighted by Gasteiger charge is 2.31. The first-order chi connectivity index (χ1) is 18.6. The Morgan fingerprint density at radius 1 is 0.553 bits per heavy atom. The fourth-order valence-corrected chi connectivity index (χ4v) is 4.43. The van der Waals surface area contributed by atoms with E-state index in [4.69, 9.17) is 18.9 Å². The molecule has 38 heavy (non-hydrogen) atoms. The lowest BCUT2D eigenvalue weighted by molar-refractivity contribution is -0.147. The Morgan fingerprint density at radius 3 is 1.21 bits per heavy atom. The van der Waals surface area contributed by atoms with Gasteiger partial charge in [0, 0.05) is 52.6 Å². The number of carbonyl (C=O) groups excluding carboxylic acids is 2. The maximum atomic E-state index is 13.5. The van der Waals surface area contributed by atoms with E-state index in [1.54, 1.807) is 0 Å². The van der Waals surface area contributed by atoms with Crippen LogP contribution < -0.4 is 0 Å². The van der Waals surface area contributed by atoms with Gasteiger partial charge in [0.15, 0.2) is 0 Å². The molecule has 224 valence electrons. The zero-order chi connectivity index (χ0) is 27.8. The largest absolute Gasteiger partial charge is 0.379 e. The molecule has 8 nitrogen and oxygen atoms in total. The van der Waals surface area contributed by atoms with Crippen molar-refractivity contribution < 1.29 is 28.5 Å². The van der Waals surface area contributed by atoms with Gasteiger partial charge in [-0.1, -0.05) is 53.4 Å². The molecule has 1 aliphatic heterocycles. The molecular formula is C30H58N2O6. The van der Waals surface area contributed by atoms with Crippen LogP contribution in [0, 0.1) is 0 Å². The van der Waals surface area contributed by atoms with Gasteiger partial charge >= 0.3 is 0 Å². The Hall–Kier alpha value is -1.22. The summed E-state index contributed by atoms with van der Waals surface area (Å²) in [6.45, 7) is 14.9. The van der Waals surface area contributed by atoms with Crippen LogP contribution in [0.2, 0.25) is 0 Å². The molecule has 0 radical (unpaired) electrons. The lowest BCUT2D eigenvalue weighted by Crippen LogP contribution is -2.43. The molecule has 1 unspecified atom stereocenters. The van der Waals surface area contributed by atoms with E-state index in [9.17, 15) is 9.59 Å². The highest BCUT2D eigenvalue weighted by Crippen LogP contribution is 2.18.